The molecule has 0 aliphatic heterocycles. The fourth-order valence-electron chi connectivity index (χ4n) is 0. The third-order valence-corrected chi connectivity index (χ3v) is 0. The zero-order chi connectivity index (χ0) is 4.50. The summed E-state index contributed by atoms with van der Waals surface area (Å²) in [6, 6.07) is 0. The van der Waals surface area contributed by atoms with Crippen molar-refractivity contribution in [3.05, 3.63) is 0 Å². The molecule has 13 heavy (non-hydrogen) atoms. The molecular weight excluding hydrogens is 265 g/mol. The number of hydrogen-bond acceptors (Lipinski definition) is 4. The Morgan fingerprint density at radius 1 is 0.846 bits per heavy atom. The monoisotopic (exact) mass is 280 g/mol. The van der Waals surface area contributed by atoms with Crippen LogP contribution in [0.1, 0.15) is 0 Å². The molecule has 0 atom stereocenters. The van der Waals surface area contributed by atoms with Gasteiger partial charge in [0.25, 0.3) is 0 Å². The Labute approximate surface area is 84.1 Å². The summed E-state index contributed by atoms with van der Waals surface area (Å²) in [5.41, 5.74) is 0. The first-order valence-corrected chi connectivity index (χ1v) is 2.05. The van der Waals surface area contributed by atoms with Crippen molar-refractivity contribution in [1.82, 2.24) is 6.15 Å². The molecule has 11 nitrogen and oxygen atoms in total. The van der Waals surface area contributed by atoms with E-state index in [4.69, 9.17) is 17.5 Å². The maximum atomic E-state index is 8.63. The summed E-state index contributed by atoms with van der Waals surface area (Å²) in [5.74, 6) is 0. The summed E-state index contributed by atoms with van der Waals surface area (Å²) in [7, 11) is -4.92. The van der Waals surface area contributed by atoms with E-state index in [1.54, 1.807) is 0 Å². The molecule has 0 aromatic rings. The van der Waals surface area contributed by atoms with E-state index in [1.807, 2.05) is 0 Å². The molecule has 0 aliphatic rings. The van der Waals surface area contributed by atoms with Crippen LogP contribution in [-0.4, -0.2) is 50.4 Å². The van der Waals surface area contributed by atoms with Gasteiger partial charge in [0.1, 0.15) is 0 Å². The van der Waals surface area contributed by atoms with Gasteiger partial charge in [-0.2, -0.15) is 0 Å². The van der Waals surface area contributed by atoms with Crippen LogP contribution >= 0.6 is 0 Å². The predicted molar refractivity (Wildman–Crippen MR) is 39.0 cm³/mol. The molecule has 0 saturated heterocycles. The SMILES string of the molecule is N.O.O.O.O.O.O.O=S(=O)([O-])O.[Ni]. The van der Waals surface area contributed by atoms with Crippen LogP contribution in [0.25, 0.3) is 0 Å². The first-order chi connectivity index (χ1) is 2.00. The van der Waals surface area contributed by atoms with E-state index >= 15 is 0 Å². The maximum Gasteiger partial charge on any atom is 0.215 e. The van der Waals surface area contributed by atoms with Crippen molar-refractivity contribution in [2.75, 3.05) is 0 Å². The summed E-state index contributed by atoms with van der Waals surface area (Å²) >= 11 is 0. The predicted octanol–water partition coefficient (Wildman–Crippen LogP) is -5.78. The van der Waals surface area contributed by atoms with Crippen LogP contribution in [-0.2, 0) is 26.9 Å². The average molecular weight is 281 g/mol. The molecule has 98 valence electrons. The van der Waals surface area contributed by atoms with Gasteiger partial charge in [0, 0.05) is 16.5 Å². The Morgan fingerprint density at radius 2 is 0.846 bits per heavy atom. The fraction of sp³-hybridized carbons (Fsp3) is 0. The molecule has 13 heteroatoms. The quantitative estimate of drug-likeness (QED) is 0.248. The third kappa shape index (κ3) is 176000. The molecule has 0 bridgehead atoms. The second-order valence-corrected chi connectivity index (χ2v) is 1.28. The molecule has 0 spiro atoms. The van der Waals surface area contributed by atoms with Gasteiger partial charge in [-0.1, -0.05) is 0 Å². The van der Waals surface area contributed by atoms with Crippen molar-refractivity contribution < 1.29 is 66.9 Å². The molecule has 0 aliphatic carbocycles. The van der Waals surface area contributed by atoms with Crippen LogP contribution in [0.4, 0.5) is 0 Å². The van der Waals surface area contributed by atoms with E-state index in [0.717, 1.165) is 0 Å². The van der Waals surface area contributed by atoms with Crippen molar-refractivity contribution in [1.29, 1.82) is 0 Å². The zero-order valence-corrected chi connectivity index (χ0v) is 7.91. The Balaban J connectivity index is -0.00000000286. The molecule has 0 saturated carbocycles. The molecule has 16 N–H and O–H groups in total. The minimum Gasteiger partial charge on any atom is -0.726 e. The van der Waals surface area contributed by atoms with E-state index in [0.29, 0.717) is 0 Å². The second-order valence-electron chi connectivity index (χ2n) is 0.428. The van der Waals surface area contributed by atoms with E-state index in [1.165, 1.54) is 0 Å². The van der Waals surface area contributed by atoms with Gasteiger partial charge < -0.3 is 43.6 Å². The molecular formula is H16NNiO10S-. The van der Waals surface area contributed by atoms with E-state index in [2.05, 4.69) is 0 Å². The van der Waals surface area contributed by atoms with Crippen LogP contribution in [0.3, 0.4) is 0 Å². The van der Waals surface area contributed by atoms with Crippen LogP contribution < -0.4 is 6.15 Å². The molecule has 0 fully saturated rings. The van der Waals surface area contributed by atoms with Gasteiger partial charge in [-0.15, -0.1) is 0 Å². The minimum atomic E-state index is -4.92. The summed E-state index contributed by atoms with van der Waals surface area (Å²) in [6.07, 6.45) is 0. The van der Waals surface area contributed by atoms with Gasteiger partial charge in [-0.05, 0) is 0 Å². The zero-order valence-electron chi connectivity index (χ0n) is 6.10. The van der Waals surface area contributed by atoms with Gasteiger partial charge in [0.15, 0.2) is 0 Å². The molecule has 0 aromatic carbocycles. The summed E-state index contributed by atoms with van der Waals surface area (Å²) in [5, 5.41) is 0. The fourth-order valence-corrected chi connectivity index (χ4v) is 0. The molecule has 0 radical (unpaired) electrons. The normalized spacial score (nSPS) is 4.46. The van der Waals surface area contributed by atoms with Crippen LogP contribution in [0, 0.1) is 0 Å². The van der Waals surface area contributed by atoms with Gasteiger partial charge in [-0.3, -0.25) is 4.55 Å². The smallest absolute Gasteiger partial charge is 0.215 e. The Kier molecular flexibility index (Phi) is 353. The van der Waals surface area contributed by atoms with Crippen LogP contribution in [0.5, 0.6) is 0 Å². The molecule has 0 rings (SSSR count). The van der Waals surface area contributed by atoms with Crippen LogP contribution in [0.15, 0.2) is 0 Å². The van der Waals surface area contributed by atoms with E-state index < -0.39 is 10.4 Å². The number of rotatable bonds is 0. The van der Waals surface area contributed by atoms with Crippen molar-refractivity contribution in [3.63, 3.8) is 0 Å². The van der Waals surface area contributed by atoms with Crippen molar-refractivity contribution in [3.8, 4) is 0 Å². The number of hydrogen-bond donors (Lipinski definition) is 2. The van der Waals surface area contributed by atoms with Crippen molar-refractivity contribution in [2.45, 2.75) is 0 Å². The van der Waals surface area contributed by atoms with Crippen molar-refractivity contribution >= 4 is 10.4 Å². The standard InChI is InChI=1S/H3N.Ni.H2O4S.6H2O/c;;1-5(2,3)4;;;;;;/h1H3;;(H2,1,2,3,4);6*1H2/p-1. The van der Waals surface area contributed by atoms with Crippen LogP contribution in [0.2, 0.25) is 0 Å². The van der Waals surface area contributed by atoms with Crippen molar-refractivity contribution in [2.24, 2.45) is 0 Å². The van der Waals surface area contributed by atoms with Gasteiger partial charge in [0.2, 0.25) is 10.4 Å². The average Bonchev–Trinajstić information content (AvgIpc) is 0.722. The first kappa shape index (κ1) is 115. The second kappa shape index (κ2) is 40.1. The molecule has 0 amide bonds. The summed E-state index contributed by atoms with van der Waals surface area (Å²) in [6.45, 7) is 0. The van der Waals surface area contributed by atoms with Gasteiger partial charge in [-0.25, -0.2) is 8.42 Å². The van der Waals surface area contributed by atoms with E-state index in [9.17, 15) is 0 Å². The largest absolute Gasteiger partial charge is 0.726 e. The summed E-state index contributed by atoms with van der Waals surface area (Å²) < 4.78 is 32.8. The van der Waals surface area contributed by atoms with E-state index in [-0.39, 0.29) is 55.5 Å². The molecule has 0 unspecified atom stereocenters. The van der Waals surface area contributed by atoms with Gasteiger partial charge >= 0.3 is 0 Å². The van der Waals surface area contributed by atoms with Gasteiger partial charge in [0.05, 0.1) is 0 Å². The summed E-state index contributed by atoms with van der Waals surface area (Å²) in [4.78, 5) is 0. The minimum absolute atomic E-state index is 0. The first-order valence-electron chi connectivity index (χ1n) is 0.683. The Morgan fingerprint density at radius 3 is 0.846 bits per heavy atom. The molecule has 0 heterocycles. The maximum absolute atomic E-state index is 8.63. The topological polar surface area (TPSA) is 301 Å². The molecule has 0 aromatic heterocycles. The Bertz CT molecular complexity index is 98.1. The third-order valence-electron chi connectivity index (χ3n) is 0. The Hall–Kier alpha value is 0.0835.